The van der Waals surface area contributed by atoms with E-state index in [0.717, 1.165) is 16.6 Å². The normalized spacial score (nSPS) is 12.4. The fourth-order valence-electron chi connectivity index (χ4n) is 1.80. The lowest BCUT2D eigenvalue weighted by atomic mass is 10.0. The van der Waals surface area contributed by atoms with Gasteiger partial charge in [0.25, 0.3) is 0 Å². The maximum absolute atomic E-state index is 12.8. The molecule has 0 aliphatic rings. The minimum atomic E-state index is -0.308. The average Bonchev–Trinajstić information content (AvgIpc) is 2.39. The van der Waals surface area contributed by atoms with E-state index in [2.05, 4.69) is 38.4 Å². The smallest absolute Gasteiger partial charge is 0.141 e. The Morgan fingerprint density at radius 3 is 2.50 bits per heavy atom. The minimum Gasteiger partial charge on any atom is -0.311 e. The van der Waals surface area contributed by atoms with E-state index >= 15 is 0 Å². The van der Waals surface area contributed by atoms with E-state index in [4.69, 9.17) is 0 Å². The number of halogens is 2. The molecule has 1 N–H and O–H groups in total. The highest BCUT2D eigenvalue weighted by atomic mass is 79.9. The molecular formula is C14H14BrFN2. The molecule has 1 heterocycles. The Bertz CT molecular complexity index is 496. The van der Waals surface area contributed by atoms with Gasteiger partial charge in [-0.3, -0.25) is 4.98 Å². The quantitative estimate of drug-likeness (QED) is 0.935. The average molecular weight is 309 g/mol. The predicted molar refractivity (Wildman–Crippen MR) is 73.8 cm³/mol. The number of rotatable bonds is 4. The first kappa shape index (κ1) is 13.2. The van der Waals surface area contributed by atoms with Crippen LogP contribution in [-0.4, -0.2) is 12.0 Å². The molecule has 4 heteroatoms. The summed E-state index contributed by atoms with van der Waals surface area (Å²) in [4.78, 5) is 4.12. The molecule has 0 bridgehead atoms. The number of pyridine rings is 1. The van der Waals surface area contributed by atoms with E-state index < -0.39 is 0 Å². The Hall–Kier alpha value is -1.26. The third-order valence-corrected chi connectivity index (χ3v) is 3.34. The molecule has 1 atom stereocenters. The lowest BCUT2D eigenvalue weighted by Crippen LogP contribution is -2.20. The fraction of sp³-hybridized carbons (Fsp3) is 0.214. The van der Waals surface area contributed by atoms with Crippen molar-refractivity contribution in [2.24, 2.45) is 0 Å². The molecule has 1 aromatic heterocycles. The van der Waals surface area contributed by atoms with E-state index in [9.17, 15) is 4.39 Å². The first-order valence-corrected chi connectivity index (χ1v) is 6.51. The zero-order chi connectivity index (χ0) is 13.0. The zero-order valence-corrected chi connectivity index (χ0v) is 11.6. The van der Waals surface area contributed by atoms with Crippen LogP contribution in [-0.2, 0) is 6.42 Å². The molecular weight excluding hydrogens is 295 g/mol. The molecule has 2 aromatic rings. The third kappa shape index (κ3) is 3.37. The van der Waals surface area contributed by atoms with Crippen LogP contribution in [0.3, 0.4) is 0 Å². The van der Waals surface area contributed by atoms with E-state index in [0.29, 0.717) is 0 Å². The maximum Gasteiger partial charge on any atom is 0.141 e. The second kappa shape index (κ2) is 6.07. The molecule has 2 nitrogen and oxygen atoms in total. The first-order chi connectivity index (χ1) is 8.69. The van der Waals surface area contributed by atoms with Crippen LogP contribution in [0.15, 0.2) is 47.1 Å². The van der Waals surface area contributed by atoms with E-state index in [1.165, 1.54) is 17.8 Å². The van der Waals surface area contributed by atoms with Gasteiger partial charge in [-0.1, -0.05) is 28.1 Å². The Balaban J connectivity index is 2.14. The summed E-state index contributed by atoms with van der Waals surface area (Å²) < 4.78 is 13.9. The molecule has 0 aliphatic heterocycles. The molecule has 1 aromatic carbocycles. The number of likely N-dealkylation sites (N-methyl/N-ethyl adjacent to an activating group) is 1. The Morgan fingerprint density at radius 2 is 1.94 bits per heavy atom. The summed E-state index contributed by atoms with van der Waals surface area (Å²) in [7, 11) is 1.88. The summed E-state index contributed by atoms with van der Waals surface area (Å²) in [5.41, 5.74) is 2.06. The van der Waals surface area contributed by atoms with Gasteiger partial charge in [0.05, 0.1) is 17.9 Å². The summed E-state index contributed by atoms with van der Waals surface area (Å²) in [6.07, 6.45) is 2.07. The summed E-state index contributed by atoms with van der Waals surface area (Å²) in [5.74, 6) is -0.308. The molecule has 0 fully saturated rings. The van der Waals surface area contributed by atoms with Crippen LogP contribution in [0.1, 0.15) is 17.3 Å². The topological polar surface area (TPSA) is 24.9 Å². The Morgan fingerprint density at radius 1 is 1.22 bits per heavy atom. The Labute approximate surface area is 114 Å². The number of aromatic nitrogens is 1. The third-order valence-electron chi connectivity index (χ3n) is 2.81. The number of benzene rings is 1. The lowest BCUT2D eigenvalue weighted by Gasteiger charge is -2.15. The fourth-order valence-corrected chi connectivity index (χ4v) is 2.07. The standard InChI is InChI=1S/C14H14BrFN2/c1-17-14(13-7-6-12(16)9-18-13)8-10-2-4-11(15)5-3-10/h2-7,9,14,17H,8H2,1H3. The number of hydrogen-bond donors (Lipinski definition) is 1. The van der Waals surface area contributed by atoms with Crippen molar-refractivity contribution in [2.75, 3.05) is 7.05 Å². The molecule has 0 aliphatic carbocycles. The van der Waals surface area contributed by atoms with Crippen LogP contribution in [0.4, 0.5) is 4.39 Å². The molecule has 94 valence electrons. The van der Waals surface area contributed by atoms with Crippen molar-refractivity contribution in [1.29, 1.82) is 0 Å². The lowest BCUT2D eigenvalue weighted by molar-refractivity contribution is 0.565. The second-order valence-corrected chi connectivity index (χ2v) is 4.99. The molecule has 18 heavy (non-hydrogen) atoms. The van der Waals surface area contributed by atoms with Crippen LogP contribution >= 0.6 is 15.9 Å². The molecule has 0 saturated carbocycles. The maximum atomic E-state index is 12.8. The van der Waals surface area contributed by atoms with Crippen LogP contribution in [0.5, 0.6) is 0 Å². The van der Waals surface area contributed by atoms with Gasteiger partial charge in [0, 0.05) is 4.47 Å². The summed E-state index contributed by atoms with van der Waals surface area (Å²) in [6, 6.07) is 11.4. The number of hydrogen-bond acceptors (Lipinski definition) is 2. The molecule has 1 unspecified atom stereocenters. The molecule has 0 spiro atoms. The van der Waals surface area contributed by atoms with Crippen molar-refractivity contribution in [3.8, 4) is 0 Å². The van der Waals surface area contributed by atoms with Crippen molar-refractivity contribution in [3.63, 3.8) is 0 Å². The second-order valence-electron chi connectivity index (χ2n) is 4.07. The van der Waals surface area contributed by atoms with Gasteiger partial charge in [0.1, 0.15) is 5.82 Å². The molecule has 0 amide bonds. The summed E-state index contributed by atoms with van der Waals surface area (Å²) >= 11 is 3.41. The monoisotopic (exact) mass is 308 g/mol. The molecule has 0 radical (unpaired) electrons. The SMILES string of the molecule is CNC(Cc1ccc(Br)cc1)c1ccc(F)cn1. The van der Waals surface area contributed by atoms with E-state index in [-0.39, 0.29) is 11.9 Å². The van der Waals surface area contributed by atoms with Gasteiger partial charge in [-0.25, -0.2) is 4.39 Å². The summed E-state index contributed by atoms with van der Waals surface area (Å²) in [6.45, 7) is 0. The van der Waals surface area contributed by atoms with Gasteiger partial charge in [0.15, 0.2) is 0 Å². The predicted octanol–water partition coefficient (Wildman–Crippen LogP) is 3.49. The van der Waals surface area contributed by atoms with Gasteiger partial charge in [-0.15, -0.1) is 0 Å². The van der Waals surface area contributed by atoms with Crippen molar-refractivity contribution in [3.05, 3.63) is 64.1 Å². The highest BCUT2D eigenvalue weighted by molar-refractivity contribution is 9.10. The largest absolute Gasteiger partial charge is 0.311 e. The van der Waals surface area contributed by atoms with Gasteiger partial charge in [-0.05, 0) is 43.3 Å². The minimum absolute atomic E-state index is 0.0896. The van der Waals surface area contributed by atoms with Crippen molar-refractivity contribution in [2.45, 2.75) is 12.5 Å². The molecule has 2 rings (SSSR count). The van der Waals surface area contributed by atoms with Crippen molar-refractivity contribution < 1.29 is 4.39 Å². The van der Waals surface area contributed by atoms with Gasteiger partial charge < -0.3 is 5.32 Å². The van der Waals surface area contributed by atoms with E-state index in [1.54, 1.807) is 6.07 Å². The number of nitrogens with zero attached hydrogens (tertiary/aromatic N) is 1. The van der Waals surface area contributed by atoms with Crippen molar-refractivity contribution in [1.82, 2.24) is 10.3 Å². The van der Waals surface area contributed by atoms with Crippen LogP contribution in [0, 0.1) is 5.82 Å². The highest BCUT2D eigenvalue weighted by Crippen LogP contribution is 2.18. The summed E-state index contributed by atoms with van der Waals surface area (Å²) in [5, 5.41) is 3.20. The van der Waals surface area contributed by atoms with E-state index in [1.807, 2.05) is 19.2 Å². The van der Waals surface area contributed by atoms with Crippen LogP contribution < -0.4 is 5.32 Å². The highest BCUT2D eigenvalue weighted by Gasteiger charge is 2.11. The zero-order valence-electron chi connectivity index (χ0n) is 10.0. The molecule has 0 saturated heterocycles. The van der Waals surface area contributed by atoms with Gasteiger partial charge >= 0.3 is 0 Å². The number of nitrogens with one attached hydrogen (secondary N) is 1. The van der Waals surface area contributed by atoms with Crippen molar-refractivity contribution >= 4 is 15.9 Å². The van der Waals surface area contributed by atoms with Gasteiger partial charge in [-0.2, -0.15) is 0 Å². The van der Waals surface area contributed by atoms with Crippen LogP contribution in [0.2, 0.25) is 0 Å². The Kier molecular flexibility index (Phi) is 4.44. The first-order valence-electron chi connectivity index (χ1n) is 5.72. The van der Waals surface area contributed by atoms with Crippen LogP contribution in [0.25, 0.3) is 0 Å². The van der Waals surface area contributed by atoms with Gasteiger partial charge in [0.2, 0.25) is 0 Å².